The molecule has 0 atom stereocenters. The van der Waals surface area contributed by atoms with E-state index in [1.807, 2.05) is 20.8 Å². The highest BCUT2D eigenvalue weighted by Gasteiger charge is 2.23. The maximum Gasteiger partial charge on any atom is 0.515 e. The van der Waals surface area contributed by atoms with Gasteiger partial charge in [-0.15, -0.1) is 0 Å². The second kappa shape index (κ2) is 11.3. The van der Waals surface area contributed by atoms with Crippen LogP contribution < -0.4 is 19.5 Å². The summed E-state index contributed by atoms with van der Waals surface area (Å²) in [6, 6.07) is 7.85. The van der Waals surface area contributed by atoms with Crippen molar-refractivity contribution in [2.75, 3.05) is 30.0 Å². The fourth-order valence-corrected chi connectivity index (χ4v) is 4.08. The molecule has 12 nitrogen and oxygen atoms in total. The van der Waals surface area contributed by atoms with E-state index in [0.29, 0.717) is 5.69 Å². The Morgan fingerprint density at radius 1 is 1.13 bits per heavy atom. The van der Waals surface area contributed by atoms with E-state index in [-0.39, 0.29) is 45.6 Å². The van der Waals surface area contributed by atoms with Gasteiger partial charge in [0, 0.05) is 5.56 Å². The molecule has 0 aliphatic heterocycles. The molecule has 1 heterocycles. The Morgan fingerprint density at radius 2 is 1.82 bits per heavy atom. The molecule has 1 aromatic heterocycles. The second-order valence-electron chi connectivity index (χ2n) is 9.14. The van der Waals surface area contributed by atoms with Gasteiger partial charge in [0.1, 0.15) is 0 Å². The molecule has 0 spiro atoms. The maximum atomic E-state index is 13.3. The van der Waals surface area contributed by atoms with E-state index >= 15 is 0 Å². The Morgan fingerprint density at radius 3 is 2.42 bits per heavy atom. The van der Waals surface area contributed by atoms with Gasteiger partial charge in [0.25, 0.3) is 11.8 Å². The van der Waals surface area contributed by atoms with Crippen molar-refractivity contribution in [1.29, 1.82) is 0 Å². The Labute approximate surface area is 225 Å². The normalized spacial score (nSPS) is 11.6. The number of methoxy groups -OCH3 is 1. The molecule has 0 fully saturated rings. The zero-order valence-corrected chi connectivity index (χ0v) is 23.2. The quantitative estimate of drug-likeness (QED) is 0.379. The van der Waals surface area contributed by atoms with Gasteiger partial charge >= 0.3 is 6.16 Å². The van der Waals surface area contributed by atoms with E-state index in [0.717, 1.165) is 11.8 Å². The summed E-state index contributed by atoms with van der Waals surface area (Å²) < 4.78 is 42.7. The van der Waals surface area contributed by atoms with Gasteiger partial charge in [-0.2, -0.15) is 0 Å². The zero-order valence-electron chi connectivity index (χ0n) is 21.7. The lowest BCUT2D eigenvalue weighted by Gasteiger charge is -2.24. The topological polar surface area (TPSA) is 151 Å². The third-order valence-electron chi connectivity index (χ3n) is 5.08. The number of carbonyl (C=O) groups excluding carboxylic acids is 2. The fourth-order valence-electron chi connectivity index (χ4n) is 3.32. The van der Waals surface area contributed by atoms with E-state index < -0.39 is 22.1 Å². The highest BCUT2D eigenvalue weighted by atomic mass is 35.5. The standard InChI is InChI=1S/C24H28ClN5O7S/c1-7-36-23(32)37-20-13-30(29-27-20)19-10-14(8-9-16(19)25)22(31)26-17-11-15(24(2,3)4)12-18(21(17)35-5)28-38(6,33)34/h8-13,28H,7H2,1-6H3,(H,26,31). The molecule has 0 unspecified atom stereocenters. The first-order chi connectivity index (χ1) is 17.7. The third-order valence-corrected chi connectivity index (χ3v) is 5.99. The van der Waals surface area contributed by atoms with Gasteiger partial charge in [-0.1, -0.05) is 42.7 Å². The molecule has 2 N–H and O–H groups in total. The summed E-state index contributed by atoms with van der Waals surface area (Å²) in [5.74, 6) is -0.507. The summed E-state index contributed by atoms with van der Waals surface area (Å²) in [7, 11) is -2.26. The van der Waals surface area contributed by atoms with Crippen molar-refractivity contribution in [2.24, 2.45) is 0 Å². The summed E-state index contributed by atoms with van der Waals surface area (Å²) in [5.41, 5.74) is 1.33. The molecule has 0 saturated carbocycles. The van der Waals surface area contributed by atoms with Crippen LogP contribution in [0.2, 0.25) is 5.02 Å². The number of sulfonamides is 1. The largest absolute Gasteiger partial charge is 0.515 e. The lowest BCUT2D eigenvalue weighted by atomic mass is 9.86. The number of ether oxygens (including phenoxy) is 3. The van der Waals surface area contributed by atoms with Crippen LogP contribution in [-0.2, 0) is 20.2 Å². The molecule has 0 aliphatic carbocycles. The summed E-state index contributed by atoms with van der Waals surface area (Å²) >= 11 is 6.32. The van der Waals surface area contributed by atoms with E-state index in [1.54, 1.807) is 19.1 Å². The molecule has 0 aliphatic rings. The van der Waals surface area contributed by atoms with Crippen molar-refractivity contribution in [1.82, 2.24) is 15.0 Å². The van der Waals surface area contributed by atoms with Gasteiger partial charge in [0.15, 0.2) is 5.75 Å². The molecule has 2 aromatic carbocycles. The number of nitrogens with zero attached hydrogens (tertiary/aromatic N) is 3. The van der Waals surface area contributed by atoms with Crippen LogP contribution in [0.4, 0.5) is 16.2 Å². The molecular formula is C24H28ClN5O7S. The van der Waals surface area contributed by atoms with Crippen LogP contribution in [0, 0.1) is 0 Å². The van der Waals surface area contributed by atoms with Crippen molar-refractivity contribution in [3.63, 3.8) is 0 Å². The van der Waals surface area contributed by atoms with Gasteiger partial charge in [0.05, 0.1) is 48.3 Å². The summed E-state index contributed by atoms with van der Waals surface area (Å²) in [4.78, 5) is 24.8. The maximum absolute atomic E-state index is 13.3. The Kier molecular flexibility index (Phi) is 8.52. The van der Waals surface area contributed by atoms with Gasteiger partial charge in [-0.05, 0) is 48.2 Å². The number of carbonyl (C=O) groups is 2. The molecule has 14 heteroatoms. The van der Waals surface area contributed by atoms with E-state index in [9.17, 15) is 18.0 Å². The van der Waals surface area contributed by atoms with Crippen LogP contribution in [-0.4, -0.2) is 55.4 Å². The predicted octanol–water partition coefficient (Wildman–Crippen LogP) is 4.39. The first-order valence-corrected chi connectivity index (χ1v) is 13.6. The smallest absolute Gasteiger partial charge is 0.492 e. The van der Waals surface area contributed by atoms with Crippen LogP contribution in [0.15, 0.2) is 36.5 Å². The molecule has 0 radical (unpaired) electrons. The lowest BCUT2D eigenvalue weighted by Crippen LogP contribution is -2.18. The third kappa shape index (κ3) is 7.13. The number of aromatic nitrogens is 3. The van der Waals surface area contributed by atoms with Crippen LogP contribution in [0.3, 0.4) is 0 Å². The van der Waals surface area contributed by atoms with Gasteiger partial charge in [0.2, 0.25) is 10.0 Å². The summed E-state index contributed by atoms with van der Waals surface area (Å²) in [6.07, 6.45) is 1.39. The average molecular weight is 566 g/mol. The number of benzene rings is 2. The number of hydrogen-bond donors (Lipinski definition) is 2. The van der Waals surface area contributed by atoms with E-state index in [2.05, 4.69) is 20.4 Å². The highest BCUT2D eigenvalue weighted by Crippen LogP contribution is 2.39. The SMILES string of the molecule is CCOC(=O)Oc1cn(-c2cc(C(=O)Nc3cc(C(C)(C)C)cc(NS(C)(=O)=O)c3OC)ccc2Cl)nn1. The van der Waals surface area contributed by atoms with E-state index in [1.165, 1.54) is 36.2 Å². The Bertz CT molecular complexity index is 1470. The molecular weight excluding hydrogens is 538 g/mol. The van der Waals surface area contributed by atoms with Gasteiger partial charge < -0.3 is 19.5 Å². The zero-order chi connectivity index (χ0) is 28.3. The number of amides is 1. The molecule has 1 amide bonds. The van der Waals surface area contributed by atoms with Crippen molar-refractivity contribution >= 4 is 45.1 Å². The summed E-state index contributed by atoms with van der Waals surface area (Å²) in [6.45, 7) is 7.62. The predicted molar refractivity (Wildman–Crippen MR) is 142 cm³/mol. The fraction of sp³-hybridized carbons (Fsp3) is 0.333. The Hall–Kier alpha value is -3.84. The molecule has 3 aromatic rings. The monoisotopic (exact) mass is 565 g/mol. The van der Waals surface area contributed by atoms with Crippen molar-refractivity contribution < 1.29 is 32.2 Å². The minimum Gasteiger partial charge on any atom is -0.492 e. The number of anilines is 2. The molecule has 0 saturated heterocycles. The minimum atomic E-state index is -3.63. The first-order valence-electron chi connectivity index (χ1n) is 11.3. The van der Waals surface area contributed by atoms with E-state index in [4.69, 9.17) is 25.8 Å². The van der Waals surface area contributed by atoms with Crippen molar-refractivity contribution in [3.05, 3.63) is 52.7 Å². The van der Waals surface area contributed by atoms with Crippen molar-refractivity contribution in [2.45, 2.75) is 33.1 Å². The van der Waals surface area contributed by atoms with Crippen molar-refractivity contribution in [3.8, 4) is 17.3 Å². The summed E-state index contributed by atoms with van der Waals surface area (Å²) in [5, 5.41) is 10.7. The molecule has 38 heavy (non-hydrogen) atoms. The van der Waals surface area contributed by atoms with Crippen LogP contribution >= 0.6 is 11.6 Å². The second-order valence-corrected chi connectivity index (χ2v) is 11.3. The van der Waals surface area contributed by atoms with Gasteiger partial charge in [-0.3, -0.25) is 9.52 Å². The molecule has 204 valence electrons. The number of hydrogen-bond acceptors (Lipinski definition) is 9. The minimum absolute atomic E-state index is 0.121. The lowest BCUT2D eigenvalue weighted by molar-refractivity contribution is 0.101. The number of rotatable bonds is 8. The van der Waals surface area contributed by atoms with Crippen LogP contribution in [0.5, 0.6) is 11.6 Å². The van der Waals surface area contributed by atoms with Gasteiger partial charge in [-0.25, -0.2) is 17.9 Å². The average Bonchev–Trinajstić information content (AvgIpc) is 3.25. The van der Waals surface area contributed by atoms with Crippen LogP contribution in [0.1, 0.15) is 43.6 Å². The first kappa shape index (κ1) is 28.7. The number of nitrogens with one attached hydrogen (secondary N) is 2. The number of halogens is 1. The highest BCUT2D eigenvalue weighted by molar-refractivity contribution is 7.92. The van der Waals surface area contributed by atoms with Crippen LogP contribution in [0.25, 0.3) is 5.69 Å². The Balaban J connectivity index is 1.97. The molecule has 0 bridgehead atoms. The molecule has 3 rings (SSSR count).